The topological polar surface area (TPSA) is 237 Å². The summed E-state index contributed by atoms with van der Waals surface area (Å²) < 4.78 is 68.8. The highest BCUT2D eigenvalue weighted by Gasteiger charge is 2.30. The van der Waals surface area contributed by atoms with Crippen LogP contribution < -0.4 is 0 Å². The lowest BCUT2D eigenvalue weighted by atomic mass is 9.99. The number of hydrogen-bond acceptors (Lipinski definition) is 15. The van der Waals surface area contributed by atoms with Gasteiger partial charge in [-0.15, -0.1) is 0 Å². The molecule has 606 valence electrons. The van der Waals surface area contributed by atoms with Gasteiger partial charge in [0.05, 0.1) is 26.4 Å². The minimum atomic E-state index is -4.96. The fourth-order valence-corrected chi connectivity index (χ4v) is 14.4. The van der Waals surface area contributed by atoms with Crippen LogP contribution in [0.5, 0.6) is 0 Å². The van der Waals surface area contributed by atoms with Gasteiger partial charge in [0.15, 0.2) is 12.2 Å². The molecule has 0 saturated heterocycles. The SMILES string of the molecule is CCCCCCCCCCCCCCC(=O)OC[C@H](COP(=O)(O)OC[C@H](O)COP(=O)(O)OC[C@@H](COC(=O)CCCCCCCCCCCCCCCCCCC(C)C)OC(=O)CCCCCCCCCCCCCCCCCCC(C)C)OC(=O)CCCCCCCCCCC(C)CC. The Labute approximate surface area is 626 Å². The van der Waals surface area contributed by atoms with Gasteiger partial charge in [0.1, 0.15) is 19.3 Å². The van der Waals surface area contributed by atoms with Crippen molar-refractivity contribution in [3.8, 4) is 0 Å². The van der Waals surface area contributed by atoms with E-state index in [0.29, 0.717) is 25.7 Å². The zero-order valence-corrected chi connectivity index (χ0v) is 68.9. The molecular weight excluding hydrogens is 1330 g/mol. The second-order valence-electron chi connectivity index (χ2n) is 31.1. The maximum atomic E-state index is 13.1. The molecule has 0 fully saturated rings. The molecule has 3 N–H and O–H groups in total. The predicted molar refractivity (Wildman–Crippen MR) is 418 cm³/mol. The molecule has 0 aromatic rings. The lowest BCUT2D eigenvalue weighted by Gasteiger charge is -2.21. The van der Waals surface area contributed by atoms with Crippen LogP contribution in [0, 0.1) is 17.8 Å². The van der Waals surface area contributed by atoms with Crippen LogP contribution in [0.15, 0.2) is 0 Å². The Morgan fingerprint density at radius 2 is 0.500 bits per heavy atom. The number of ether oxygens (including phenoxy) is 4. The summed E-state index contributed by atoms with van der Waals surface area (Å²) in [6, 6.07) is 0. The molecule has 0 saturated carbocycles. The molecular formula is C83H162O17P2. The Balaban J connectivity index is 5.24. The Bertz CT molecular complexity index is 1980. The van der Waals surface area contributed by atoms with E-state index in [2.05, 4.69) is 48.5 Å². The van der Waals surface area contributed by atoms with Crippen LogP contribution >= 0.6 is 15.6 Å². The largest absolute Gasteiger partial charge is 0.472 e. The average molecular weight is 1490 g/mol. The molecule has 0 aliphatic rings. The Morgan fingerprint density at radius 3 is 0.745 bits per heavy atom. The first-order valence-corrected chi connectivity index (χ1v) is 45.9. The van der Waals surface area contributed by atoms with Gasteiger partial charge in [-0.3, -0.25) is 37.3 Å². The molecule has 102 heavy (non-hydrogen) atoms. The van der Waals surface area contributed by atoms with Gasteiger partial charge < -0.3 is 33.8 Å². The number of phosphoric acid groups is 2. The molecule has 0 aliphatic carbocycles. The summed E-state index contributed by atoms with van der Waals surface area (Å²) in [7, 11) is -9.92. The Hall–Kier alpha value is -1.94. The van der Waals surface area contributed by atoms with E-state index in [-0.39, 0.29) is 25.7 Å². The predicted octanol–water partition coefficient (Wildman–Crippen LogP) is 24.9. The summed E-state index contributed by atoms with van der Waals surface area (Å²) in [5.74, 6) is 0.283. The van der Waals surface area contributed by atoms with Crippen LogP contribution in [-0.4, -0.2) is 96.7 Å². The summed E-state index contributed by atoms with van der Waals surface area (Å²) in [6.45, 7) is 12.0. The number of aliphatic hydroxyl groups is 1. The Kier molecular flexibility index (Phi) is 71.8. The van der Waals surface area contributed by atoms with Gasteiger partial charge >= 0.3 is 39.5 Å². The van der Waals surface area contributed by atoms with Crippen molar-refractivity contribution < 1.29 is 80.2 Å². The second-order valence-corrected chi connectivity index (χ2v) is 34.0. The number of aliphatic hydroxyl groups excluding tert-OH is 1. The highest BCUT2D eigenvalue weighted by Crippen LogP contribution is 2.45. The van der Waals surface area contributed by atoms with Crippen molar-refractivity contribution in [3.63, 3.8) is 0 Å². The fourth-order valence-electron chi connectivity index (χ4n) is 12.8. The molecule has 0 amide bonds. The zero-order valence-electron chi connectivity index (χ0n) is 67.1. The molecule has 0 radical (unpaired) electrons. The van der Waals surface area contributed by atoms with Crippen molar-refractivity contribution in [3.05, 3.63) is 0 Å². The highest BCUT2D eigenvalue weighted by atomic mass is 31.2. The molecule has 0 heterocycles. The normalized spacial score (nSPS) is 14.2. The van der Waals surface area contributed by atoms with Crippen molar-refractivity contribution in [2.45, 2.75) is 452 Å². The molecule has 3 unspecified atom stereocenters. The van der Waals surface area contributed by atoms with Gasteiger partial charge in [-0.05, 0) is 43.4 Å². The number of phosphoric ester groups is 2. The summed E-state index contributed by atoms with van der Waals surface area (Å²) in [4.78, 5) is 73.1. The van der Waals surface area contributed by atoms with E-state index in [1.54, 1.807) is 0 Å². The van der Waals surface area contributed by atoms with Crippen molar-refractivity contribution in [1.82, 2.24) is 0 Å². The van der Waals surface area contributed by atoms with Gasteiger partial charge in [-0.1, -0.05) is 382 Å². The lowest BCUT2D eigenvalue weighted by molar-refractivity contribution is -0.161. The van der Waals surface area contributed by atoms with Crippen LogP contribution in [0.25, 0.3) is 0 Å². The number of esters is 4. The molecule has 6 atom stereocenters. The number of carbonyl (C=O) groups is 4. The summed E-state index contributed by atoms with van der Waals surface area (Å²) in [6.07, 6.45) is 62.4. The summed E-state index contributed by atoms with van der Waals surface area (Å²) >= 11 is 0. The van der Waals surface area contributed by atoms with Crippen molar-refractivity contribution in [1.29, 1.82) is 0 Å². The molecule has 0 rings (SSSR count). The van der Waals surface area contributed by atoms with Crippen molar-refractivity contribution in [2.24, 2.45) is 17.8 Å². The minimum Gasteiger partial charge on any atom is -0.462 e. The van der Waals surface area contributed by atoms with E-state index in [1.807, 2.05) is 0 Å². The van der Waals surface area contributed by atoms with Crippen LogP contribution in [0.4, 0.5) is 0 Å². The second kappa shape index (κ2) is 73.2. The van der Waals surface area contributed by atoms with Gasteiger partial charge in [-0.25, -0.2) is 9.13 Å². The third-order valence-electron chi connectivity index (χ3n) is 19.7. The van der Waals surface area contributed by atoms with Gasteiger partial charge in [0.2, 0.25) is 0 Å². The van der Waals surface area contributed by atoms with Crippen molar-refractivity contribution in [2.75, 3.05) is 39.6 Å². The molecule has 0 bridgehead atoms. The van der Waals surface area contributed by atoms with Gasteiger partial charge in [-0.2, -0.15) is 0 Å². The molecule has 0 aromatic heterocycles. The standard InChI is InChI=1S/C83H162O17P2/c1-8-10-11-12-13-14-15-30-35-43-50-57-64-80(85)94-71-79(100-83(88)67-60-53-46-39-38-42-49-56-63-76(7)9-2)73-98-102(91,92)96-69-77(84)68-95-101(89,90)97-72-78(99-82(87)66-59-52-45-37-32-27-23-19-17-21-25-29-34-41-48-55-62-75(5)6)70-93-81(86)65-58-51-44-36-31-26-22-18-16-20-24-28-33-40-47-54-61-74(3)4/h74-79,84H,8-73H2,1-7H3,(H,89,90)(H,91,92)/t76?,77-,78-,79-/m1/s1. The molecule has 0 aliphatic heterocycles. The van der Waals surface area contributed by atoms with Crippen molar-refractivity contribution >= 4 is 39.5 Å². The third kappa shape index (κ3) is 74.9. The van der Waals surface area contributed by atoms with E-state index in [1.165, 1.54) is 244 Å². The van der Waals surface area contributed by atoms with E-state index in [4.69, 9.17) is 37.0 Å². The molecule has 19 heteroatoms. The van der Waals surface area contributed by atoms with Gasteiger partial charge in [0, 0.05) is 25.7 Å². The summed E-state index contributed by atoms with van der Waals surface area (Å²) in [5, 5.41) is 10.7. The zero-order chi connectivity index (χ0) is 75.1. The van der Waals surface area contributed by atoms with Crippen LogP contribution in [0.1, 0.15) is 434 Å². The van der Waals surface area contributed by atoms with E-state index in [9.17, 15) is 43.2 Å². The van der Waals surface area contributed by atoms with Gasteiger partial charge in [0.25, 0.3) is 0 Å². The maximum absolute atomic E-state index is 13.1. The molecule has 0 aromatic carbocycles. The van der Waals surface area contributed by atoms with Crippen LogP contribution in [0.3, 0.4) is 0 Å². The van der Waals surface area contributed by atoms with E-state index >= 15 is 0 Å². The lowest BCUT2D eigenvalue weighted by Crippen LogP contribution is -2.30. The maximum Gasteiger partial charge on any atom is 0.472 e. The first kappa shape index (κ1) is 100. The van der Waals surface area contributed by atoms with Crippen LogP contribution in [-0.2, 0) is 65.4 Å². The number of carbonyl (C=O) groups excluding carboxylic acids is 4. The van der Waals surface area contributed by atoms with E-state index < -0.39 is 97.5 Å². The highest BCUT2D eigenvalue weighted by molar-refractivity contribution is 7.47. The number of unbranched alkanes of at least 4 members (excludes halogenated alkanes) is 48. The number of rotatable bonds is 81. The minimum absolute atomic E-state index is 0.105. The molecule has 0 spiro atoms. The fraction of sp³-hybridized carbons (Fsp3) is 0.952. The average Bonchev–Trinajstić information content (AvgIpc) is 0.915. The first-order chi connectivity index (χ1) is 49.3. The first-order valence-electron chi connectivity index (χ1n) is 42.9. The third-order valence-corrected chi connectivity index (χ3v) is 21.6. The van der Waals surface area contributed by atoms with E-state index in [0.717, 1.165) is 108 Å². The Morgan fingerprint density at radius 1 is 0.284 bits per heavy atom. The van der Waals surface area contributed by atoms with Crippen LogP contribution in [0.2, 0.25) is 0 Å². The quantitative estimate of drug-likeness (QED) is 0.0222. The summed E-state index contributed by atoms with van der Waals surface area (Å²) in [5.41, 5.74) is 0. The smallest absolute Gasteiger partial charge is 0.462 e. The molecule has 17 nitrogen and oxygen atoms in total. The monoisotopic (exact) mass is 1490 g/mol. The number of hydrogen-bond donors (Lipinski definition) is 3.